The van der Waals surface area contributed by atoms with Crippen molar-refractivity contribution in [3.05, 3.63) is 77.9 Å². The molecule has 2 aromatic heterocycles. The van der Waals surface area contributed by atoms with Crippen LogP contribution in [0, 0.1) is 5.82 Å². The maximum atomic E-state index is 13.9. The van der Waals surface area contributed by atoms with E-state index in [2.05, 4.69) is 15.0 Å². The second kappa shape index (κ2) is 9.28. The van der Waals surface area contributed by atoms with Crippen molar-refractivity contribution in [3.63, 3.8) is 0 Å². The van der Waals surface area contributed by atoms with Crippen molar-refractivity contribution in [2.45, 2.75) is 6.43 Å². The van der Waals surface area contributed by atoms with E-state index in [1.54, 1.807) is 41.3 Å². The first-order valence-corrected chi connectivity index (χ1v) is 11.1. The molecule has 0 N–H and O–H groups in total. The molecule has 7 nitrogen and oxygen atoms in total. The van der Waals surface area contributed by atoms with E-state index < -0.39 is 6.43 Å². The lowest BCUT2D eigenvalue weighted by molar-refractivity contribution is 0.0748. The van der Waals surface area contributed by atoms with Crippen molar-refractivity contribution in [3.8, 4) is 17.0 Å². The Labute approximate surface area is 199 Å². The Hall–Kier alpha value is -4.08. The lowest BCUT2D eigenvalue weighted by Crippen LogP contribution is -2.48. The van der Waals surface area contributed by atoms with E-state index >= 15 is 0 Å². The van der Waals surface area contributed by atoms with Crippen LogP contribution in [0.15, 0.2) is 60.8 Å². The van der Waals surface area contributed by atoms with Crippen molar-refractivity contribution < 1.29 is 22.7 Å². The highest BCUT2D eigenvalue weighted by Gasteiger charge is 2.27. The molecule has 0 spiro atoms. The van der Waals surface area contributed by atoms with Gasteiger partial charge in [0.25, 0.3) is 12.3 Å². The van der Waals surface area contributed by atoms with Crippen LogP contribution in [0.4, 0.5) is 18.9 Å². The molecule has 5 rings (SSSR count). The first kappa shape index (κ1) is 22.7. The van der Waals surface area contributed by atoms with E-state index in [-0.39, 0.29) is 34.3 Å². The molecule has 4 aromatic rings. The summed E-state index contributed by atoms with van der Waals surface area (Å²) in [6.45, 7) is 1.94. The quantitative estimate of drug-likeness (QED) is 0.422. The zero-order valence-corrected chi connectivity index (χ0v) is 18.9. The highest BCUT2D eigenvalue weighted by atomic mass is 19.3. The topological polar surface area (TPSA) is 63.0 Å². The Balaban J connectivity index is 1.46. The molecule has 0 atom stereocenters. The fourth-order valence-corrected chi connectivity index (χ4v) is 4.28. The van der Waals surface area contributed by atoms with Crippen molar-refractivity contribution in [1.82, 2.24) is 19.5 Å². The van der Waals surface area contributed by atoms with Crippen LogP contribution in [0.5, 0.6) is 5.75 Å². The molecular formula is C25H22F3N5O2. The zero-order valence-electron chi connectivity index (χ0n) is 18.9. The van der Waals surface area contributed by atoms with Gasteiger partial charge in [0.1, 0.15) is 22.8 Å². The van der Waals surface area contributed by atoms with E-state index in [0.29, 0.717) is 37.5 Å². The average molecular weight is 481 g/mol. The largest absolute Gasteiger partial charge is 0.496 e. The van der Waals surface area contributed by atoms with Gasteiger partial charge in [0.2, 0.25) is 0 Å². The molecule has 180 valence electrons. The maximum Gasteiger partial charge on any atom is 0.280 e. The van der Waals surface area contributed by atoms with E-state index in [1.165, 1.54) is 31.5 Å². The number of hydrogen-bond acceptors (Lipinski definition) is 5. The summed E-state index contributed by atoms with van der Waals surface area (Å²) in [5.41, 5.74) is 1.52. The number of fused-ring (bicyclic) bond motifs is 1. The summed E-state index contributed by atoms with van der Waals surface area (Å²) in [5.74, 6) is -0.156. The van der Waals surface area contributed by atoms with Gasteiger partial charge >= 0.3 is 0 Å². The number of benzene rings is 2. The summed E-state index contributed by atoms with van der Waals surface area (Å²) < 4.78 is 47.5. The molecule has 2 aromatic carbocycles. The molecule has 0 unspecified atom stereocenters. The van der Waals surface area contributed by atoms with Gasteiger partial charge in [0.15, 0.2) is 5.65 Å². The third-order valence-corrected chi connectivity index (χ3v) is 6.09. The predicted octanol–water partition coefficient (Wildman–Crippen LogP) is 4.44. The van der Waals surface area contributed by atoms with Crippen molar-refractivity contribution in [1.29, 1.82) is 0 Å². The lowest BCUT2D eigenvalue weighted by atomic mass is 10.1. The number of halogens is 3. The Bertz CT molecular complexity index is 1370. The number of rotatable bonds is 5. The van der Waals surface area contributed by atoms with E-state index in [9.17, 15) is 18.0 Å². The standard InChI is InChI=1S/C25H22F3N5O2/c1-35-22-5-3-2-4-18(22)20-14-21(23(27)28)33-24(30-20)19(15-29-33)25(34)32-12-10-31(11-13-32)17-8-6-16(26)7-9-17/h2-9,14-15,23H,10-13H2,1H3. The average Bonchev–Trinajstić information content (AvgIpc) is 3.32. The SMILES string of the molecule is COc1ccccc1-c1cc(C(F)F)n2ncc(C(=O)N3CCN(c4ccc(F)cc4)CC3)c2n1. The first-order chi connectivity index (χ1) is 17.0. The highest BCUT2D eigenvalue weighted by Crippen LogP contribution is 2.32. The Morgan fingerprint density at radius 1 is 1.03 bits per heavy atom. The molecule has 3 heterocycles. The van der Waals surface area contributed by atoms with E-state index in [1.807, 2.05) is 0 Å². The Kier molecular flexibility index (Phi) is 6.02. The monoisotopic (exact) mass is 481 g/mol. The second-order valence-corrected chi connectivity index (χ2v) is 8.12. The van der Waals surface area contributed by atoms with Gasteiger partial charge in [0, 0.05) is 37.4 Å². The number of para-hydroxylation sites is 1. The molecular weight excluding hydrogens is 459 g/mol. The molecule has 1 fully saturated rings. The van der Waals surface area contributed by atoms with Gasteiger partial charge < -0.3 is 14.5 Å². The normalized spacial score (nSPS) is 14.1. The number of piperazine rings is 1. The number of nitrogens with zero attached hydrogens (tertiary/aromatic N) is 5. The van der Waals surface area contributed by atoms with Gasteiger partial charge in [-0.1, -0.05) is 12.1 Å². The van der Waals surface area contributed by atoms with E-state index in [4.69, 9.17) is 4.74 Å². The number of carbonyl (C=O) groups is 1. The van der Waals surface area contributed by atoms with Crippen LogP contribution in [-0.2, 0) is 0 Å². The number of aromatic nitrogens is 3. The Morgan fingerprint density at radius 2 is 1.74 bits per heavy atom. The first-order valence-electron chi connectivity index (χ1n) is 11.1. The molecule has 1 saturated heterocycles. The molecule has 0 aliphatic carbocycles. The maximum absolute atomic E-state index is 13.9. The molecule has 1 aliphatic rings. The summed E-state index contributed by atoms with van der Waals surface area (Å²) in [6, 6.07) is 14.4. The summed E-state index contributed by atoms with van der Waals surface area (Å²) in [4.78, 5) is 21.6. The minimum absolute atomic E-state index is 0.0645. The van der Waals surface area contributed by atoms with Gasteiger partial charge in [0.05, 0.1) is 19.0 Å². The summed E-state index contributed by atoms with van der Waals surface area (Å²) in [6.07, 6.45) is -1.54. The van der Waals surface area contributed by atoms with Crippen LogP contribution in [0.25, 0.3) is 16.9 Å². The van der Waals surface area contributed by atoms with Gasteiger partial charge in [-0.3, -0.25) is 4.79 Å². The molecule has 1 amide bonds. The van der Waals surface area contributed by atoms with Crippen LogP contribution in [-0.4, -0.2) is 58.7 Å². The van der Waals surface area contributed by atoms with Crippen LogP contribution in [0.2, 0.25) is 0 Å². The van der Waals surface area contributed by atoms with Gasteiger partial charge in [-0.05, 0) is 42.5 Å². The number of hydrogen-bond donors (Lipinski definition) is 0. The third-order valence-electron chi connectivity index (χ3n) is 6.09. The number of anilines is 1. The summed E-state index contributed by atoms with van der Waals surface area (Å²) >= 11 is 0. The van der Waals surface area contributed by atoms with Crippen LogP contribution in [0.3, 0.4) is 0 Å². The van der Waals surface area contributed by atoms with Crippen molar-refractivity contribution >= 4 is 17.2 Å². The van der Waals surface area contributed by atoms with Gasteiger partial charge in [-0.2, -0.15) is 5.10 Å². The van der Waals surface area contributed by atoms with Crippen LogP contribution >= 0.6 is 0 Å². The van der Waals surface area contributed by atoms with Gasteiger partial charge in [-0.15, -0.1) is 0 Å². The fraction of sp³-hybridized carbons (Fsp3) is 0.240. The molecule has 10 heteroatoms. The molecule has 35 heavy (non-hydrogen) atoms. The number of ether oxygens (including phenoxy) is 1. The predicted molar refractivity (Wildman–Crippen MR) is 124 cm³/mol. The van der Waals surface area contributed by atoms with Crippen molar-refractivity contribution in [2.75, 3.05) is 38.2 Å². The second-order valence-electron chi connectivity index (χ2n) is 8.12. The van der Waals surface area contributed by atoms with E-state index in [0.717, 1.165) is 10.2 Å². The van der Waals surface area contributed by atoms with Crippen LogP contribution < -0.4 is 9.64 Å². The zero-order chi connectivity index (χ0) is 24.5. The molecule has 1 aliphatic heterocycles. The smallest absolute Gasteiger partial charge is 0.280 e. The fourth-order valence-electron chi connectivity index (χ4n) is 4.28. The minimum atomic E-state index is -2.82. The van der Waals surface area contributed by atoms with Gasteiger partial charge in [-0.25, -0.2) is 22.7 Å². The molecule has 0 bridgehead atoms. The molecule has 0 radical (unpaired) electrons. The Morgan fingerprint density at radius 3 is 2.43 bits per heavy atom. The number of carbonyl (C=O) groups excluding carboxylic acids is 1. The lowest BCUT2D eigenvalue weighted by Gasteiger charge is -2.36. The van der Waals surface area contributed by atoms with Crippen molar-refractivity contribution in [2.24, 2.45) is 0 Å². The number of methoxy groups -OCH3 is 1. The minimum Gasteiger partial charge on any atom is -0.496 e. The van der Waals surface area contributed by atoms with Crippen LogP contribution in [0.1, 0.15) is 22.5 Å². The third kappa shape index (κ3) is 4.27. The highest BCUT2D eigenvalue weighted by molar-refractivity contribution is 6.00. The number of amides is 1. The number of alkyl halides is 2. The summed E-state index contributed by atoms with van der Waals surface area (Å²) in [5, 5.41) is 4.05. The summed E-state index contributed by atoms with van der Waals surface area (Å²) in [7, 11) is 1.49. The molecule has 0 saturated carbocycles.